The topological polar surface area (TPSA) is 33.1 Å². The molecule has 2 nitrogen and oxygen atoms in total. The standard InChI is InChI=1S/C15H17NOS2/c1-10-4-2-5-11(8-10)18-9-14-16-15-12(17)6-3-7-13(15)19-14/h2,4-5,8,12,17H,3,6-7,9H2,1H3. The van der Waals surface area contributed by atoms with Gasteiger partial charge in [-0.15, -0.1) is 23.1 Å². The van der Waals surface area contributed by atoms with Gasteiger partial charge in [0.25, 0.3) is 0 Å². The van der Waals surface area contributed by atoms with Gasteiger partial charge in [0.1, 0.15) is 5.01 Å². The number of aliphatic hydroxyl groups excluding tert-OH is 1. The highest BCUT2D eigenvalue weighted by Gasteiger charge is 2.22. The number of hydrogen-bond donors (Lipinski definition) is 1. The number of aromatic nitrogens is 1. The number of fused-ring (bicyclic) bond motifs is 1. The second-order valence-corrected chi connectivity index (χ2v) is 7.15. The zero-order valence-electron chi connectivity index (χ0n) is 10.9. The van der Waals surface area contributed by atoms with E-state index in [-0.39, 0.29) is 6.10 Å². The highest BCUT2D eigenvalue weighted by molar-refractivity contribution is 7.98. The van der Waals surface area contributed by atoms with Crippen LogP contribution in [0.15, 0.2) is 29.2 Å². The minimum Gasteiger partial charge on any atom is -0.387 e. The van der Waals surface area contributed by atoms with Gasteiger partial charge in [-0.3, -0.25) is 0 Å². The summed E-state index contributed by atoms with van der Waals surface area (Å²) in [7, 11) is 0. The maximum absolute atomic E-state index is 9.93. The molecule has 0 fully saturated rings. The maximum Gasteiger partial charge on any atom is 0.103 e. The molecule has 0 radical (unpaired) electrons. The van der Waals surface area contributed by atoms with Gasteiger partial charge in [-0.1, -0.05) is 17.7 Å². The van der Waals surface area contributed by atoms with Crippen molar-refractivity contribution in [3.8, 4) is 0 Å². The summed E-state index contributed by atoms with van der Waals surface area (Å²) in [6.45, 7) is 2.11. The highest BCUT2D eigenvalue weighted by atomic mass is 32.2. The van der Waals surface area contributed by atoms with E-state index in [4.69, 9.17) is 0 Å². The Morgan fingerprint density at radius 1 is 1.47 bits per heavy atom. The molecule has 0 saturated heterocycles. The van der Waals surface area contributed by atoms with Gasteiger partial charge in [0, 0.05) is 9.77 Å². The van der Waals surface area contributed by atoms with Crippen molar-refractivity contribution in [3.63, 3.8) is 0 Å². The lowest BCUT2D eigenvalue weighted by molar-refractivity contribution is 0.153. The third-order valence-corrected chi connectivity index (χ3v) is 5.64. The number of aliphatic hydroxyl groups is 1. The van der Waals surface area contributed by atoms with E-state index in [2.05, 4.69) is 36.2 Å². The molecular formula is C15H17NOS2. The third kappa shape index (κ3) is 3.02. The first kappa shape index (κ1) is 13.2. The molecule has 1 aliphatic rings. The van der Waals surface area contributed by atoms with Crippen LogP contribution in [0.5, 0.6) is 0 Å². The Morgan fingerprint density at radius 2 is 2.37 bits per heavy atom. The van der Waals surface area contributed by atoms with E-state index < -0.39 is 0 Å². The summed E-state index contributed by atoms with van der Waals surface area (Å²) in [5.41, 5.74) is 2.23. The van der Waals surface area contributed by atoms with E-state index in [0.717, 1.165) is 35.7 Å². The first-order valence-electron chi connectivity index (χ1n) is 6.58. The fourth-order valence-electron chi connectivity index (χ4n) is 2.36. The molecule has 4 heteroatoms. The Balaban J connectivity index is 1.71. The van der Waals surface area contributed by atoms with Crippen molar-refractivity contribution < 1.29 is 5.11 Å². The second-order valence-electron chi connectivity index (χ2n) is 4.93. The summed E-state index contributed by atoms with van der Waals surface area (Å²) in [4.78, 5) is 7.19. The number of benzene rings is 1. The summed E-state index contributed by atoms with van der Waals surface area (Å²) in [6.07, 6.45) is 2.69. The van der Waals surface area contributed by atoms with Crippen LogP contribution in [0.4, 0.5) is 0 Å². The first-order chi connectivity index (χ1) is 9.22. The Labute approximate surface area is 121 Å². The van der Waals surface area contributed by atoms with Gasteiger partial charge in [-0.25, -0.2) is 4.98 Å². The number of nitrogens with zero attached hydrogens (tertiary/aromatic N) is 1. The van der Waals surface area contributed by atoms with Crippen LogP contribution in [0.2, 0.25) is 0 Å². The highest BCUT2D eigenvalue weighted by Crippen LogP contribution is 2.35. The fraction of sp³-hybridized carbons (Fsp3) is 0.400. The predicted octanol–water partition coefficient (Wildman–Crippen LogP) is 4.11. The van der Waals surface area contributed by atoms with Crippen molar-refractivity contribution in [2.24, 2.45) is 0 Å². The molecule has 0 aliphatic heterocycles. The molecule has 1 atom stereocenters. The summed E-state index contributed by atoms with van der Waals surface area (Å²) in [6, 6.07) is 8.55. The minimum absolute atomic E-state index is 0.335. The lowest BCUT2D eigenvalue weighted by Crippen LogP contribution is -2.07. The van der Waals surface area contributed by atoms with E-state index in [1.807, 2.05) is 11.8 Å². The van der Waals surface area contributed by atoms with Gasteiger partial charge in [0.15, 0.2) is 0 Å². The molecule has 19 heavy (non-hydrogen) atoms. The van der Waals surface area contributed by atoms with E-state index in [1.54, 1.807) is 11.3 Å². The molecule has 0 amide bonds. The lowest BCUT2D eigenvalue weighted by atomic mass is 10.0. The third-order valence-electron chi connectivity index (χ3n) is 3.32. The van der Waals surface area contributed by atoms with Gasteiger partial charge >= 0.3 is 0 Å². The van der Waals surface area contributed by atoms with E-state index in [0.29, 0.717) is 0 Å². The summed E-state index contributed by atoms with van der Waals surface area (Å²) < 4.78 is 0. The Morgan fingerprint density at radius 3 is 3.16 bits per heavy atom. The molecule has 1 N–H and O–H groups in total. The van der Waals surface area contributed by atoms with Crippen molar-refractivity contribution in [2.75, 3.05) is 0 Å². The van der Waals surface area contributed by atoms with E-state index in [9.17, 15) is 5.11 Å². The van der Waals surface area contributed by atoms with Gasteiger partial charge in [0.2, 0.25) is 0 Å². The summed E-state index contributed by atoms with van der Waals surface area (Å²) >= 11 is 3.59. The molecule has 1 aliphatic carbocycles. The molecule has 0 saturated carbocycles. The van der Waals surface area contributed by atoms with Crippen LogP contribution >= 0.6 is 23.1 Å². The van der Waals surface area contributed by atoms with Crippen LogP contribution in [0.25, 0.3) is 0 Å². The fourth-order valence-corrected chi connectivity index (χ4v) is 4.53. The number of thiazole rings is 1. The normalized spacial score (nSPS) is 18.3. The summed E-state index contributed by atoms with van der Waals surface area (Å²) in [5, 5.41) is 11.1. The van der Waals surface area contributed by atoms with E-state index >= 15 is 0 Å². The smallest absolute Gasteiger partial charge is 0.103 e. The van der Waals surface area contributed by atoms with Crippen LogP contribution in [0.1, 0.15) is 40.1 Å². The molecule has 1 unspecified atom stereocenters. The quantitative estimate of drug-likeness (QED) is 0.864. The van der Waals surface area contributed by atoms with Crippen molar-refractivity contribution in [1.82, 2.24) is 4.98 Å². The Bertz CT molecular complexity index is 579. The van der Waals surface area contributed by atoms with Crippen molar-refractivity contribution in [3.05, 3.63) is 45.4 Å². The number of hydrogen-bond acceptors (Lipinski definition) is 4. The molecule has 1 aromatic carbocycles. The van der Waals surface area contributed by atoms with Gasteiger partial charge in [-0.2, -0.15) is 0 Å². The second kappa shape index (κ2) is 5.65. The van der Waals surface area contributed by atoms with E-state index in [1.165, 1.54) is 15.3 Å². The Kier molecular flexibility index (Phi) is 3.91. The average Bonchev–Trinajstić information content (AvgIpc) is 2.81. The zero-order valence-corrected chi connectivity index (χ0v) is 12.6. The number of thioether (sulfide) groups is 1. The van der Waals surface area contributed by atoms with Gasteiger partial charge < -0.3 is 5.11 Å². The predicted molar refractivity (Wildman–Crippen MR) is 80.8 cm³/mol. The van der Waals surface area contributed by atoms with Gasteiger partial charge in [-0.05, 0) is 38.3 Å². The molecule has 1 heterocycles. The minimum atomic E-state index is -0.335. The van der Waals surface area contributed by atoms with Crippen LogP contribution in [-0.4, -0.2) is 10.1 Å². The van der Waals surface area contributed by atoms with Crippen molar-refractivity contribution >= 4 is 23.1 Å². The molecule has 2 aromatic rings. The van der Waals surface area contributed by atoms with Crippen molar-refractivity contribution in [1.29, 1.82) is 0 Å². The molecular weight excluding hydrogens is 274 g/mol. The molecule has 100 valence electrons. The monoisotopic (exact) mass is 291 g/mol. The van der Waals surface area contributed by atoms with Crippen LogP contribution < -0.4 is 0 Å². The molecule has 0 spiro atoms. The largest absolute Gasteiger partial charge is 0.387 e. The zero-order chi connectivity index (χ0) is 13.2. The number of rotatable bonds is 3. The van der Waals surface area contributed by atoms with Crippen LogP contribution in [0.3, 0.4) is 0 Å². The molecule has 3 rings (SSSR count). The van der Waals surface area contributed by atoms with Gasteiger partial charge in [0.05, 0.1) is 17.6 Å². The average molecular weight is 291 g/mol. The molecule has 0 bridgehead atoms. The first-order valence-corrected chi connectivity index (χ1v) is 8.38. The molecule has 1 aromatic heterocycles. The maximum atomic E-state index is 9.93. The SMILES string of the molecule is Cc1cccc(SCc2nc3c(s2)CCCC3O)c1. The summed E-state index contributed by atoms with van der Waals surface area (Å²) in [5.74, 6) is 0.897. The lowest BCUT2D eigenvalue weighted by Gasteiger charge is -2.14. The number of aryl methyl sites for hydroxylation is 2. The van der Waals surface area contributed by atoms with Crippen LogP contribution in [0, 0.1) is 6.92 Å². The Hall–Kier alpha value is -0.840. The van der Waals surface area contributed by atoms with Crippen molar-refractivity contribution in [2.45, 2.75) is 42.9 Å². The van der Waals surface area contributed by atoms with Crippen LogP contribution in [-0.2, 0) is 12.2 Å².